The molecule has 0 atom stereocenters. The van der Waals surface area contributed by atoms with Crippen LogP contribution in [0.2, 0.25) is 0 Å². The van der Waals surface area contributed by atoms with Crippen LogP contribution in [-0.4, -0.2) is 47.8 Å². The molecular weight excluding hydrogens is 589 g/mol. The molecule has 0 bridgehead atoms. The molecule has 6 rings (SSSR count). The average molecular weight is 629 g/mol. The Balaban J connectivity index is 0.00000161. The van der Waals surface area contributed by atoms with E-state index in [4.69, 9.17) is 0 Å². The van der Waals surface area contributed by atoms with E-state index in [0.29, 0.717) is 11.6 Å². The molecule has 2 aliphatic rings. The van der Waals surface area contributed by atoms with E-state index in [0.717, 1.165) is 68.5 Å². The van der Waals surface area contributed by atoms with Crippen LogP contribution >= 0.6 is 37.2 Å². The number of rotatable bonds is 5. The van der Waals surface area contributed by atoms with Crippen LogP contribution < -0.4 is 15.1 Å². The number of hydrogen-bond donors (Lipinski definition) is 1. The fraction of sp³-hybridized carbons (Fsp3) is 0.333. The Morgan fingerprint density at radius 2 is 1.43 bits per heavy atom. The topological polar surface area (TPSA) is 51.7 Å². The zero-order valence-corrected chi connectivity index (χ0v) is 26.3. The van der Waals surface area contributed by atoms with Gasteiger partial charge < -0.3 is 10.2 Å². The van der Waals surface area contributed by atoms with Crippen molar-refractivity contribution in [3.63, 3.8) is 0 Å². The first kappa shape index (κ1) is 33.5. The zero-order valence-electron chi connectivity index (χ0n) is 23.9. The van der Waals surface area contributed by atoms with E-state index in [1.165, 1.54) is 5.69 Å². The van der Waals surface area contributed by atoms with E-state index in [9.17, 15) is 4.79 Å². The summed E-state index contributed by atoms with van der Waals surface area (Å²) in [5, 5.41) is 4.24. The van der Waals surface area contributed by atoms with Gasteiger partial charge in [-0.15, -0.1) is 37.2 Å². The van der Waals surface area contributed by atoms with Crippen LogP contribution in [0.4, 0.5) is 21.9 Å². The quantitative estimate of drug-likeness (QED) is 0.242. The SMILES string of the molecule is CC1CCC(N2CCN(c3ccccc3)CC2)(N(C(=O)Nc2cnc3ccccc3c2)c2ccccc2)CC1.Cl.Cl.Cl. The van der Waals surface area contributed by atoms with Crippen molar-refractivity contribution in [1.82, 2.24) is 9.88 Å². The van der Waals surface area contributed by atoms with Gasteiger partial charge in [0, 0.05) is 42.9 Å². The third-order valence-corrected chi connectivity index (χ3v) is 8.54. The lowest BCUT2D eigenvalue weighted by Gasteiger charge is -2.55. The molecular formula is C33H40Cl3N5O. The molecule has 3 aromatic carbocycles. The summed E-state index contributed by atoms with van der Waals surface area (Å²) < 4.78 is 0. The van der Waals surface area contributed by atoms with Gasteiger partial charge in [0.05, 0.1) is 17.4 Å². The Kier molecular flexibility index (Phi) is 11.9. The van der Waals surface area contributed by atoms with E-state index in [-0.39, 0.29) is 48.9 Å². The first-order valence-corrected chi connectivity index (χ1v) is 14.2. The fourth-order valence-electron chi connectivity index (χ4n) is 6.37. The zero-order chi connectivity index (χ0) is 26.7. The number of anilines is 3. The molecule has 2 fully saturated rings. The maximum absolute atomic E-state index is 14.3. The number of pyridine rings is 1. The van der Waals surface area contributed by atoms with Crippen molar-refractivity contribution in [3.8, 4) is 0 Å². The second-order valence-electron chi connectivity index (χ2n) is 11.0. The van der Waals surface area contributed by atoms with Gasteiger partial charge in [-0.3, -0.25) is 14.8 Å². The molecule has 1 N–H and O–H groups in total. The second kappa shape index (κ2) is 14.9. The molecule has 6 nitrogen and oxygen atoms in total. The molecule has 42 heavy (non-hydrogen) atoms. The summed E-state index contributed by atoms with van der Waals surface area (Å²) in [5.74, 6) is 0.661. The third-order valence-electron chi connectivity index (χ3n) is 8.54. The number of fused-ring (bicyclic) bond motifs is 1. The second-order valence-corrected chi connectivity index (χ2v) is 11.0. The molecule has 1 saturated heterocycles. The first-order chi connectivity index (χ1) is 19.1. The Bertz CT molecular complexity index is 1410. The largest absolute Gasteiger partial charge is 0.369 e. The van der Waals surface area contributed by atoms with Crippen LogP contribution in [0.1, 0.15) is 32.6 Å². The summed E-state index contributed by atoms with van der Waals surface area (Å²) in [6.07, 6.45) is 5.88. The van der Waals surface area contributed by atoms with Crippen molar-refractivity contribution in [3.05, 3.63) is 97.2 Å². The molecule has 2 heterocycles. The molecule has 0 spiro atoms. The molecule has 9 heteroatoms. The van der Waals surface area contributed by atoms with Crippen molar-refractivity contribution >= 4 is 71.2 Å². The Hall–Kier alpha value is -3.03. The maximum atomic E-state index is 14.3. The number of nitrogens with one attached hydrogen (secondary N) is 1. The maximum Gasteiger partial charge on any atom is 0.327 e. The highest BCUT2D eigenvalue weighted by atomic mass is 35.5. The number of nitrogens with zero attached hydrogens (tertiary/aromatic N) is 4. The van der Waals surface area contributed by atoms with Crippen molar-refractivity contribution in [2.24, 2.45) is 5.92 Å². The number of aromatic nitrogens is 1. The summed E-state index contributed by atoms with van der Waals surface area (Å²) in [4.78, 5) is 26.0. The molecule has 2 amide bonds. The first-order valence-electron chi connectivity index (χ1n) is 14.2. The van der Waals surface area contributed by atoms with E-state index in [1.807, 2.05) is 48.5 Å². The van der Waals surface area contributed by atoms with Crippen molar-refractivity contribution < 1.29 is 4.79 Å². The lowest BCUT2D eigenvalue weighted by atomic mass is 9.80. The highest BCUT2D eigenvalue weighted by Crippen LogP contribution is 2.42. The number of piperazine rings is 1. The number of urea groups is 1. The highest BCUT2D eigenvalue weighted by Gasteiger charge is 2.48. The van der Waals surface area contributed by atoms with E-state index in [2.05, 4.69) is 74.4 Å². The number of para-hydroxylation sites is 3. The summed E-state index contributed by atoms with van der Waals surface area (Å²) in [6.45, 7) is 6.06. The summed E-state index contributed by atoms with van der Waals surface area (Å²) >= 11 is 0. The number of benzene rings is 3. The van der Waals surface area contributed by atoms with Gasteiger partial charge in [-0.2, -0.15) is 0 Å². The molecule has 1 aromatic heterocycles. The van der Waals surface area contributed by atoms with Crippen molar-refractivity contribution in [1.29, 1.82) is 0 Å². The van der Waals surface area contributed by atoms with E-state index in [1.54, 1.807) is 6.20 Å². The van der Waals surface area contributed by atoms with Gasteiger partial charge in [-0.25, -0.2) is 4.79 Å². The lowest BCUT2D eigenvalue weighted by molar-refractivity contribution is 0.0366. The Morgan fingerprint density at radius 1 is 0.833 bits per heavy atom. The van der Waals surface area contributed by atoms with Crippen molar-refractivity contribution in [2.75, 3.05) is 41.3 Å². The van der Waals surface area contributed by atoms with Crippen LogP contribution in [0.3, 0.4) is 0 Å². The number of halogens is 3. The number of carbonyl (C=O) groups excluding carboxylic acids is 1. The van der Waals surface area contributed by atoms with Gasteiger partial charge in [0.1, 0.15) is 5.66 Å². The molecule has 1 saturated carbocycles. The number of carbonyl (C=O) groups is 1. The normalized spacial score (nSPS) is 20.4. The van der Waals surface area contributed by atoms with Crippen LogP contribution in [0.15, 0.2) is 97.2 Å². The Labute approximate surface area is 267 Å². The molecule has 0 radical (unpaired) electrons. The van der Waals surface area contributed by atoms with E-state index < -0.39 is 0 Å². The minimum absolute atomic E-state index is 0. The summed E-state index contributed by atoms with van der Waals surface area (Å²) in [5.41, 5.74) is 3.45. The molecule has 1 aliphatic heterocycles. The third kappa shape index (κ3) is 6.95. The van der Waals surface area contributed by atoms with Crippen LogP contribution in [0.25, 0.3) is 10.9 Å². The van der Waals surface area contributed by atoms with Gasteiger partial charge in [0.2, 0.25) is 0 Å². The summed E-state index contributed by atoms with van der Waals surface area (Å²) in [6, 6.07) is 30.8. The van der Waals surface area contributed by atoms with Crippen LogP contribution in [-0.2, 0) is 0 Å². The number of amides is 2. The van der Waals surface area contributed by atoms with Gasteiger partial charge in [0.15, 0.2) is 0 Å². The predicted octanol–water partition coefficient (Wildman–Crippen LogP) is 8.27. The number of hydrogen-bond acceptors (Lipinski definition) is 4. The highest BCUT2D eigenvalue weighted by molar-refractivity contribution is 6.03. The van der Waals surface area contributed by atoms with Gasteiger partial charge in [0.25, 0.3) is 0 Å². The summed E-state index contributed by atoms with van der Waals surface area (Å²) in [7, 11) is 0. The Morgan fingerprint density at radius 3 is 2.10 bits per heavy atom. The lowest BCUT2D eigenvalue weighted by Crippen LogP contribution is -2.68. The van der Waals surface area contributed by atoms with Gasteiger partial charge >= 0.3 is 6.03 Å². The van der Waals surface area contributed by atoms with Crippen molar-refractivity contribution in [2.45, 2.75) is 38.3 Å². The van der Waals surface area contributed by atoms with E-state index >= 15 is 0 Å². The smallest absolute Gasteiger partial charge is 0.327 e. The van der Waals surface area contributed by atoms with Crippen LogP contribution in [0.5, 0.6) is 0 Å². The van der Waals surface area contributed by atoms with Gasteiger partial charge in [-0.1, -0.05) is 61.5 Å². The standard InChI is InChI=1S/C33H37N5O.3ClH/c1-26-16-18-33(19-17-26,37-22-20-36(21-23-37)29-11-4-2-5-12-29)38(30-13-6-3-7-14-30)32(39)35-28-24-27-10-8-9-15-31(27)34-25-28;;;/h2-15,24-26H,16-23H2,1H3,(H,35,39);3*1H. The van der Waals surface area contributed by atoms with Crippen LogP contribution in [0, 0.1) is 5.92 Å². The predicted molar refractivity (Wildman–Crippen MR) is 182 cm³/mol. The minimum Gasteiger partial charge on any atom is -0.369 e. The molecule has 0 unspecified atom stereocenters. The fourth-order valence-corrected chi connectivity index (χ4v) is 6.37. The molecule has 224 valence electrons. The molecule has 1 aliphatic carbocycles. The average Bonchev–Trinajstić information content (AvgIpc) is 2.99. The van der Waals surface area contributed by atoms with Gasteiger partial charge in [-0.05, 0) is 68.0 Å². The monoisotopic (exact) mass is 627 g/mol. The molecule has 4 aromatic rings. The minimum atomic E-state index is -0.384.